The Morgan fingerprint density at radius 1 is 0.963 bits per heavy atom. The normalized spacial score (nSPS) is 16.4. The maximum absolute atomic E-state index is 12.6. The van der Waals surface area contributed by atoms with Crippen molar-refractivity contribution in [2.75, 3.05) is 19.6 Å². The second kappa shape index (κ2) is 8.51. The summed E-state index contributed by atoms with van der Waals surface area (Å²) in [5, 5.41) is 4.06. The number of rotatable bonds is 8. The first-order valence-electron chi connectivity index (χ1n) is 8.97. The Hall–Kier alpha value is -1.75. The molecule has 0 bridgehead atoms. The van der Waals surface area contributed by atoms with Gasteiger partial charge in [0.05, 0.1) is 9.79 Å². The third-order valence-electron chi connectivity index (χ3n) is 4.50. The van der Waals surface area contributed by atoms with Crippen molar-refractivity contribution in [1.29, 1.82) is 0 Å². The summed E-state index contributed by atoms with van der Waals surface area (Å²) >= 11 is 0. The summed E-state index contributed by atoms with van der Waals surface area (Å²) in [6.45, 7) is 1.92. The number of piperidine rings is 1. The van der Waals surface area contributed by atoms with E-state index >= 15 is 0 Å². The van der Waals surface area contributed by atoms with Crippen molar-refractivity contribution >= 4 is 20.0 Å². The van der Waals surface area contributed by atoms with Crippen LogP contribution in [0.4, 0.5) is 0 Å². The molecule has 0 aliphatic carbocycles. The Balaban J connectivity index is 1.61. The van der Waals surface area contributed by atoms with Crippen LogP contribution in [0.1, 0.15) is 25.7 Å². The zero-order valence-corrected chi connectivity index (χ0v) is 16.6. The van der Waals surface area contributed by atoms with Crippen LogP contribution in [0, 0.1) is 0 Å². The van der Waals surface area contributed by atoms with Crippen molar-refractivity contribution in [3.05, 3.63) is 42.7 Å². The summed E-state index contributed by atoms with van der Waals surface area (Å²) in [6.07, 6.45) is 6.83. The maximum Gasteiger partial charge on any atom is 0.243 e. The Labute approximate surface area is 160 Å². The minimum absolute atomic E-state index is 0.0548. The molecule has 0 unspecified atom stereocenters. The van der Waals surface area contributed by atoms with Gasteiger partial charge in [0.25, 0.3) is 0 Å². The van der Waals surface area contributed by atoms with E-state index in [1.54, 1.807) is 10.9 Å². The van der Waals surface area contributed by atoms with Gasteiger partial charge in [-0.2, -0.15) is 9.40 Å². The molecule has 1 fully saturated rings. The van der Waals surface area contributed by atoms with Gasteiger partial charge in [0.2, 0.25) is 20.0 Å². The van der Waals surface area contributed by atoms with E-state index < -0.39 is 20.0 Å². The quantitative estimate of drug-likeness (QED) is 0.661. The third-order valence-corrected chi connectivity index (χ3v) is 7.89. The summed E-state index contributed by atoms with van der Waals surface area (Å²) in [5.41, 5.74) is 0. The van der Waals surface area contributed by atoms with Gasteiger partial charge < -0.3 is 0 Å². The fraction of sp³-hybridized carbons (Fsp3) is 0.471. The minimum atomic E-state index is -3.68. The number of aromatic nitrogens is 2. The Morgan fingerprint density at radius 2 is 1.63 bits per heavy atom. The van der Waals surface area contributed by atoms with Crippen LogP contribution in [0.25, 0.3) is 0 Å². The van der Waals surface area contributed by atoms with Gasteiger partial charge in [-0.25, -0.2) is 21.6 Å². The molecule has 0 radical (unpaired) electrons. The smallest absolute Gasteiger partial charge is 0.243 e. The molecular weight excluding hydrogens is 388 g/mol. The molecule has 1 aromatic heterocycles. The minimum Gasteiger partial charge on any atom is -0.273 e. The van der Waals surface area contributed by atoms with Crippen molar-refractivity contribution < 1.29 is 16.8 Å². The molecule has 10 heteroatoms. The SMILES string of the molecule is O=S(=O)(NCCCn1cccn1)c1ccc(S(=O)(=O)N2CCCCC2)cc1. The van der Waals surface area contributed by atoms with Crippen LogP contribution in [0.2, 0.25) is 0 Å². The van der Waals surface area contributed by atoms with Gasteiger partial charge in [-0.1, -0.05) is 6.42 Å². The average molecular weight is 413 g/mol. The van der Waals surface area contributed by atoms with Crippen LogP contribution in [0.5, 0.6) is 0 Å². The van der Waals surface area contributed by atoms with E-state index in [-0.39, 0.29) is 16.3 Å². The van der Waals surface area contributed by atoms with Gasteiger partial charge in [0.15, 0.2) is 0 Å². The lowest BCUT2D eigenvalue weighted by Gasteiger charge is -2.25. The molecule has 3 rings (SSSR count). The zero-order valence-electron chi connectivity index (χ0n) is 15.0. The summed E-state index contributed by atoms with van der Waals surface area (Å²) < 4.78 is 55.7. The average Bonchev–Trinajstić information content (AvgIpc) is 3.20. The van der Waals surface area contributed by atoms with Crippen LogP contribution in [0.15, 0.2) is 52.5 Å². The Kier molecular flexibility index (Phi) is 6.30. The molecule has 27 heavy (non-hydrogen) atoms. The monoisotopic (exact) mass is 412 g/mol. The number of benzene rings is 1. The van der Waals surface area contributed by atoms with Gasteiger partial charge in [-0.15, -0.1) is 0 Å². The first kappa shape index (κ1) is 20.0. The number of hydrogen-bond acceptors (Lipinski definition) is 5. The number of hydrogen-bond donors (Lipinski definition) is 1. The highest BCUT2D eigenvalue weighted by atomic mass is 32.2. The van der Waals surface area contributed by atoms with Gasteiger partial charge in [0, 0.05) is 38.6 Å². The topological polar surface area (TPSA) is 101 Å². The first-order valence-corrected chi connectivity index (χ1v) is 11.9. The molecule has 148 valence electrons. The summed E-state index contributed by atoms with van der Waals surface area (Å²) in [4.78, 5) is 0.182. The van der Waals surface area contributed by atoms with Crippen molar-refractivity contribution in [3.63, 3.8) is 0 Å². The third kappa shape index (κ3) is 4.95. The van der Waals surface area contributed by atoms with Gasteiger partial charge >= 0.3 is 0 Å². The van der Waals surface area contributed by atoms with Gasteiger partial charge in [-0.05, 0) is 49.6 Å². The van der Waals surface area contributed by atoms with E-state index in [0.29, 0.717) is 26.1 Å². The molecule has 8 nitrogen and oxygen atoms in total. The van der Waals surface area contributed by atoms with E-state index in [4.69, 9.17) is 0 Å². The van der Waals surface area contributed by atoms with Crippen LogP contribution < -0.4 is 4.72 Å². The lowest BCUT2D eigenvalue weighted by atomic mass is 10.2. The van der Waals surface area contributed by atoms with Crippen molar-refractivity contribution in [3.8, 4) is 0 Å². The van der Waals surface area contributed by atoms with Crippen LogP contribution in [0.3, 0.4) is 0 Å². The molecule has 0 amide bonds. The number of nitrogens with one attached hydrogen (secondary N) is 1. The molecule has 2 heterocycles. The molecule has 1 saturated heterocycles. The second-order valence-electron chi connectivity index (χ2n) is 6.46. The van der Waals surface area contributed by atoms with E-state index in [0.717, 1.165) is 19.3 Å². The Bertz CT molecular complexity index is 933. The second-order valence-corrected chi connectivity index (χ2v) is 10.2. The molecule has 1 N–H and O–H groups in total. The molecule has 1 aliphatic rings. The molecular formula is C17H24N4O4S2. The largest absolute Gasteiger partial charge is 0.273 e. The summed E-state index contributed by atoms with van der Waals surface area (Å²) in [6, 6.07) is 7.22. The van der Waals surface area contributed by atoms with E-state index in [9.17, 15) is 16.8 Å². The lowest BCUT2D eigenvalue weighted by Crippen LogP contribution is -2.35. The van der Waals surface area contributed by atoms with Crippen molar-refractivity contribution in [1.82, 2.24) is 18.8 Å². The van der Waals surface area contributed by atoms with E-state index in [1.807, 2.05) is 12.3 Å². The fourth-order valence-corrected chi connectivity index (χ4v) is 5.60. The van der Waals surface area contributed by atoms with Crippen LogP contribution in [-0.2, 0) is 26.6 Å². The highest BCUT2D eigenvalue weighted by molar-refractivity contribution is 7.89. The van der Waals surface area contributed by atoms with E-state index in [2.05, 4.69) is 9.82 Å². The number of sulfonamides is 2. The molecule has 0 atom stereocenters. The Morgan fingerprint density at radius 3 is 2.26 bits per heavy atom. The van der Waals surface area contributed by atoms with Crippen molar-refractivity contribution in [2.45, 2.75) is 42.0 Å². The summed E-state index contributed by atoms with van der Waals surface area (Å²) in [5.74, 6) is 0. The predicted octanol–water partition coefficient (Wildman–Crippen LogP) is 1.43. The maximum atomic E-state index is 12.6. The lowest BCUT2D eigenvalue weighted by molar-refractivity contribution is 0.346. The molecule has 0 spiro atoms. The predicted molar refractivity (Wildman–Crippen MR) is 101 cm³/mol. The summed E-state index contributed by atoms with van der Waals surface area (Å²) in [7, 11) is -7.24. The fourth-order valence-electron chi connectivity index (χ4n) is 3.01. The highest BCUT2D eigenvalue weighted by Crippen LogP contribution is 2.21. The molecule has 2 aromatic rings. The van der Waals surface area contributed by atoms with Gasteiger partial charge in [-0.3, -0.25) is 4.68 Å². The van der Waals surface area contributed by atoms with Crippen LogP contribution in [-0.4, -0.2) is 50.6 Å². The zero-order chi connectivity index (χ0) is 19.3. The first-order chi connectivity index (χ1) is 12.9. The number of aryl methyl sites for hydroxylation is 1. The molecule has 0 saturated carbocycles. The standard InChI is InChI=1S/C17H24N4O4S2/c22-26(23,19-11-5-13-20-12-4-10-18-20)16-6-8-17(9-7-16)27(24,25)21-14-2-1-3-15-21/h4,6-10,12,19H,1-3,5,11,13-15H2. The van der Waals surface area contributed by atoms with Crippen LogP contribution >= 0.6 is 0 Å². The van der Waals surface area contributed by atoms with E-state index in [1.165, 1.54) is 28.6 Å². The number of nitrogens with zero attached hydrogens (tertiary/aromatic N) is 3. The highest BCUT2D eigenvalue weighted by Gasteiger charge is 2.26. The molecule has 1 aromatic carbocycles. The van der Waals surface area contributed by atoms with Crippen molar-refractivity contribution in [2.24, 2.45) is 0 Å². The van der Waals surface area contributed by atoms with Gasteiger partial charge in [0.1, 0.15) is 0 Å². The molecule has 1 aliphatic heterocycles.